The van der Waals surface area contributed by atoms with Crippen LogP contribution in [0.15, 0.2) is 29.2 Å². The van der Waals surface area contributed by atoms with Crippen molar-refractivity contribution >= 4 is 10.0 Å². The Morgan fingerprint density at radius 2 is 2.11 bits per heavy atom. The van der Waals surface area contributed by atoms with Gasteiger partial charge in [-0.2, -0.15) is 4.31 Å². The summed E-state index contributed by atoms with van der Waals surface area (Å²) in [6.07, 6.45) is 2.65. The molecular formula is C13H19FN2O2S. The second-order valence-electron chi connectivity index (χ2n) is 4.75. The molecule has 1 atom stereocenters. The quantitative estimate of drug-likeness (QED) is 0.914. The number of hydrogen-bond acceptors (Lipinski definition) is 3. The van der Waals surface area contributed by atoms with Gasteiger partial charge in [0, 0.05) is 19.1 Å². The largest absolute Gasteiger partial charge is 0.318 e. The van der Waals surface area contributed by atoms with Crippen LogP contribution >= 0.6 is 0 Å². The molecule has 1 fully saturated rings. The zero-order chi connectivity index (χ0) is 13.9. The molecule has 19 heavy (non-hydrogen) atoms. The van der Waals surface area contributed by atoms with Gasteiger partial charge in [0.15, 0.2) is 0 Å². The van der Waals surface area contributed by atoms with E-state index in [2.05, 4.69) is 5.32 Å². The van der Waals surface area contributed by atoms with E-state index >= 15 is 0 Å². The van der Waals surface area contributed by atoms with Gasteiger partial charge < -0.3 is 5.32 Å². The molecule has 6 heteroatoms. The maximum absolute atomic E-state index is 13.7. The Labute approximate surface area is 113 Å². The zero-order valence-corrected chi connectivity index (χ0v) is 11.8. The van der Waals surface area contributed by atoms with Crippen molar-refractivity contribution in [2.24, 2.45) is 0 Å². The SMILES string of the molecule is CNCC1CCCCN1S(=O)(=O)c1ccccc1F. The summed E-state index contributed by atoms with van der Waals surface area (Å²) in [7, 11) is -1.95. The van der Waals surface area contributed by atoms with Gasteiger partial charge in [-0.05, 0) is 32.0 Å². The summed E-state index contributed by atoms with van der Waals surface area (Å²) in [5.41, 5.74) is 0. The van der Waals surface area contributed by atoms with Crippen LogP contribution in [0.1, 0.15) is 19.3 Å². The topological polar surface area (TPSA) is 49.4 Å². The monoisotopic (exact) mass is 286 g/mol. The first kappa shape index (κ1) is 14.4. The fourth-order valence-electron chi connectivity index (χ4n) is 2.51. The Morgan fingerprint density at radius 3 is 2.79 bits per heavy atom. The highest BCUT2D eigenvalue weighted by Gasteiger charge is 2.34. The standard InChI is InChI=1S/C13H19FN2O2S/c1-15-10-11-6-4-5-9-16(11)19(17,18)13-8-3-2-7-12(13)14/h2-3,7-8,11,15H,4-6,9-10H2,1H3. The van der Waals surface area contributed by atoms with Gasteiger partial charge in [-0.1, -0.05) is 18.6 Å². The molecular weight excluding hydrogens is 267 g/mol. The molecule has 1 aliphatic rings. The van der Waals surface area contributed by atoms with Crippen molar-refractivity contribution < 1.29 is 12.8 Å². The summed E-state index contributed by atoms with van der Waals surface area (Å²) in [6.45, 7) is 1.05. The second-order valence-corrected chi connectivity index (χ2v) is 6.61. The molecule has 1 aromatic rings. The number of sulfonamides is 1. The fourth-order valence-corrected chi connectivity index (χ4v) is 4.27. The lowest BCUT2D eigenvalue weighted by Gasteiger charge is -2.34. The highest BCUT2D eigenvalue weighted by Crippen LogP contribution is 2.26. The van der Waals surface area contributed by atoms with Crippen molar-refractivity contribution in [1.82, 2.24) is 9.62 Å². The molecule has 0 amide bonds. The number of piperidine rings is 1. The minimum absolute atomic E-state index is 0.0941. The van der Waals surface area contributed by atoms with Crippen LogP contribution in [0.4, 0.5) is 4.39 Å². The van der Waals surface area contributed by atoms with Crippen LogP contribution < -0.4 is 5.32 Å². The molecule has 0 aliphatic carbocycles. The van der Waals surface area contributed by atoms with Gasteiger partial charge in [-0.25, -0.2) is 12.8 Å². The molecule has 1 N–H and O–H groups in total. The maximum atomic E-state index is 13.7. The van der Waals surface area contributed by atoms with E-state index in [1.54, 1.807) is 13.1 Å². The van der Waals surface area contributed by atoms with Crippen molar-refractivity contribution in [3.63, 3.8) is 0 Å². The van der Waals surface area contributed by atoms with Crippen molar-refractivity contribution in [2.45, 2.75) is 30.2 Å². The molecule has 1 unspecified atom stereocenters. The van der Waals surface area contributed by atoms with Crippen molar-refractivity contribution in [1.29, 1.82) is 0 Å². The smallest absolute Gasteiger partial charge is 0.246 e. The molecule has 0 aromatic heterocycles. The van der Waals surface area contributed by atoms with Crippen molar-refractivity contribution in [3.8, 4) is 0 Å². The van der Waals surface area contributed by atoms with Gasteiger partial charge in [0.25, 0.3) is 0 Å². The van der Waals surface area contributed by atoms with Crippen molar-refractivity contribution in [2.75, 3.05) is 20.1 Å². The summed E-state index contributed by atoms with van der Waals surface area (Å²) >= 11 is 0. The fraction of sp³-hybridized carbons (Fsp3) is 0.538. The minimum atomic E-state index is -3.75. The van der Waals surface area contributed by atoms with Gasteiger partial charge in [0.2, 0.25) is 10.0 Å². The summed E-state index contributed by atoms with van der Waals surface area (Å²) < 4.78 is 40.3. The third-order valence-corrected chi connectivity index (χ3v) is 5.42. The highest BCUT2D eigenvalue weighted by molar-refractivity contribution is 7.89. The predicted molar refractivity (Wildman–Crippen MR) is 71.9 cm³/mol. The maximum Gasteiger partial charge on any atom is 0.246 e. The number of hydrogen-bond donors (Lipinski definition) is 1. The second kappa shape index (κ2) is 5.98. The Balaban J connectivity index is 2.35. The first-order valence-electron chi connectivity index (χ1n) is 6.48. The third-order valence-electron chi connectivity index (χ3n) is 3.44. The molecule has 4 nitrogen and oxygen atoms in total. The molecule has 0 bridgehead atoms. The highest BCUT2D eigenvalue weighted by atomic mass is 32.2. The molecule has 2 rings (SSSR count). The Bertz CT molecular complexity index is 531. The number of nitrogens with one attached hydrogen (secondary N) is 1. The van der Waals surface area contributed by atoms with Crippen LogP contribution in [0, 0.1) is 5.82 Å². The van der Waals surface area contributed by atoms with E-state index in [9.17, 15) is 12.8 Å². The lowest BCUT2D eigenvalue weighted by molar-refractivity contribution is 0.248. The predicted octanol–water partition coefficient (Wildman–Crippen LogP) is 1.59. The van der Waals surface area contributed by atoms with Gasteiger partial charge in [-0.3, -0.25) is 0 Å². The molecule has 1 saturated heterocycles. The van der Waals surface area contributed by atoms with Crippen LogP contribution in [-0.2, 0) is 10.0 Å². The molecule has 106 valence electrons. The molecule has 1 heterocycles. The van der Waals surface area contributed by atoms with Crippen LogP contribution in [0.2, 0.25) is 0 Å². The first-order valence-corrected chi connectivity index (χ1v) is 7.92. The number of halogens is 1. The minimum Gasteiger partial charge on any atom is -0.318 e. The summed E-state index contributed by atoms with van der Waals surface area (Å²) in [6, 6.07) is 5.46. The molecule has 1 aromatic carbocycles. The van der Waals surface area contributed by atoms with E-state index in [0.717, 1.165) is 19.3 Å². The summed E-state index contributed by atoms with van der Waals surface area (Å²) in [5, 5.41) is 3.01. The molecule has 0 radical (unpaired) electrons. The van der Waals surface area contributed by atoms with E-state index in [1.165, 1.54) is 22.5 Å². The number of benzene rings is 1. The summed E-state index contributed by atoms with van der Waals surface area (Å²) in [4.78, 5) is -0.224. The first-order chi connectivity index (χ1) is 9.07. The average molecular weight is 286 g/mol. The lowest BCUT2D eigenvalue weighted by atomic mass is 10.1. The number of likely N-dealkylation sites (N-methyl/N-ethyl adjacent to an activating group) is 1. The van der Waals surface area contributed by atoms with Crippen LogP contribution in [0.25, 0.3) is 0 Å². The van der Waals surface area contributed by atoms with Gasteiger partial charge in [-0.15, -0.1) is 0 Å². The van der Waals surface area contributed by atoms with E-state index in [4.69, 9.17) is 0 Å². The lowest BCUT2D eigenvalue weighted by Crippen LogP contribution is -2.48. The number of rotatable bonds is 4. The average Bonchev–Trinajstić information content (AvgIpc) is 2.40. The van der Waals surface area contributed by atoms with Gasteiger partial charge in [0.1, 0.15) is 10.7 Å². The van der Waals surface area contributed by atoms with Crippen LogP contribution in [-0.4, -0.2) is 38.9 Å². The number of nitrogens with zero attached hydrogens (tertiary/aromatic N) is 1. The van der Waals surface area contributed by atoms with Crippen LogP contribution in [0.3, 0.4) is 0 Å². The Morgan fingerprint density at radius 1 is 1.37 bits per heavy atom. The molecule has 1 aliphatic heterocycles. The van der Waals surface area contributed by atoms with E-state index < -0.39 is 15.8 Å². The van der Waals surface area contributed by atoms with Gasteiger partial charge >= 0.3 is 0 Å². The van der Waals surface area contributed by atoms with E-state index in [1.807, 2.05) is 0 Å². The van der Waals surface area contributed by atoms with Gasteiger partial charge in [0.05, 0.1) is 0 Å². The third kappa shape index (κ3) is 2.96. The Kier molecular flexibility index (Phi) is 4.54. The van der Waals surface area contributed by atoms with Crippen LogP contribution in [0.5, 0.6) is 0 Å². The summed E-state index contributed by atoms with van der Waals surface area (Å²) in [5.74, 6) is -0.684. The normalized spacial score (nSPS) is 21.5. The Hall–Kier alpha value is -0.980. The van der Waals surface area contributed by atoms with Crippen molar-refractivity contribution in [3.05, 3.63) is 30.1 Å². The molecule has 0 spiro atoms. The zero-order valence-electron chi connectivity index (χ0n) is 11.0. The van der Waals surface area contributed by atoms with E-state index in [0.29, 0.717) is 13.1 Å². The van der Waals surface area contributed by atoms with E-state index in [-0.39, 0.29) is 10.9 Å². The molecule has 0 saturated carbocycles.